The van der Waals surface area contributed by atoms with Crippen LogP contribution in [0.4, 0.5) is 0 Å². The van der Waals surface area contributed by atoms with Crippen LogP contribution < -0.4 is 10.1 Å². The Labute approximate surface area is 138 Å². The summed E-state index contributed by atoms with van der Waals surface area (Å²) in [5, 5.41) is 12.2. The third-order valence-corrected chi connectivity index (χ3v) is 3.39. The molecule has 5 nitrogen and oxygen atoms in total. The lowest BCUT2D eigenvalue weighted by Gasteiger charge is -2.15. The van der Waals surface area contributed by atoms with Gasteiger partial charge >= 0.3 is 5.97 Å². The maximum absolute atomic E-state index is 12.0. The molecule has 1 unspecified atom stereocenters. The molecule has 0 saturated carbocycles. The standard InChI is InChI=1S/C17H16ClNO4/c1-11(23-15-7-5-14(18)6-8-15)16(20)19-10-12-3-2-4-13(9-12)17(21)22/h2-9,11H,10H2,1H3,(H,19,20)(H,21,22). The number of carboxylic acid groups (broad SMARTS) is 1. The van der Waals surface area contributed by atoms with Crippen LogP contribution in [0.25, 0.3) is 0 Å². The van der Waals surface area contributed by atoms with E-state index in [1.165, 1.54) is 12.1 Å². The molecule has 2 N–H and O–H groups in total. The van der Waals surface area contributed by atoms with E-state index < -0.39 is 12.1 Å². The minimum Gasteiger partial charge on any atom is -0.481 e. The molecule has 0 radical (unpaired) electrons. The van der Waals surface area contributed by atoms with Gasteiger partial charge in [-0.15, -0.1) is 0 Å². The molecule has 0 aliphatic carbocycles. The minimum atomic E-state index is -1.00. The largest absolute Gasteiger partial charge is 0.481 e. The smallest absolute Gasteiger partial charge is 0.335 e. The average Bonchev–Trinajstić information content (AvgIpc) is 2.55. The van der Waals surface area contributed by atoms with Crippen LogP contribution in [0.1, 0.15) is 22.8 Å². The van der Waals surface area contributed by atoms with Crippen molar-refractivity contribution in [3.63, 3.8) is 0 Å². The lowest BCUT2D eigenvalue weighted by Crippen LogP contribution is -2.35. The molecule has 1 atom stereocenters. The van der Waals surface area contributed by atoms with Gasteiger partial charge in [-0.3, -0.25) is 4.79 Å². The first-order valence-corrected chi connectivity index (χ1v) is 7.35. The van der Waals surface area contributed by atoms with Crippen LogP contribution in [0, 0.1) is 0 Å². The number of hydrogen-bond acceptors (Lipinski definition) is 3. The maximum atomic E-state index is 12.0. The van der Waals surface area contributed by atoms with Crippen LogP contribution in [0.2, 0.25) is 5.02 Å². The molecule has 0 aromatic heterocycles. The Bertz CT molecular complexity index is 700. The summed E-state index contributed by atoms with van der Waals surface area (Å²) in [6, 6.07) is 13.1. The molecule has 6 heteroatoms. The molecule has 23 heavy (non-hydrogen) atoms. The fourth-order valence-electron chi connectivity index (χ4n) is 1.92. The highest BCUT2D eigenvalue weighted by atomic mass is 35.5. The quantitative estimate of drug-likeness (QED) is 0.851. The van der Waals surface area contributed by atoms with Crippen LogP contribution in [0.3, 0.4) is 0 Å². The normalized spacial score (nSPS) is 11.6. The van der Waals surface area contributed by atoms with Crippen molar-refractivity contribution in [3.05, 3.63) is 64.7 Å². The van der Waals surface area contributed by atoms with Crippen LogP contribution >= 0.6 is 11.6 Å². The molecule has 0 heterocycles. The van der Waals surface area contributed by atoms with Crippen molar-refractivity contribution in [2.75, 3.05) is 0 Å². The van der Waals surface area contributed by atoms with Crippen molar-refractivity contribution < 1.29 is 19.4 Å². The second-order valence-corrected chi connectivity index (χ2v) is 5.37. The Hall–Kier alpha value is -2.53. The van der Waals surface area contributed by atoms with E-state index in [1.807, 2.05) is 0 Å². The zero-order valence-corrected chi connectivity index (χ0v) is 13.2. The maximum Gasteiger partial charge on any atom is 0.335 e. The second-order valence-electron chi connectivity index (χ2n) is 4.94. The van der Waals surface area contributed by atoms with Crippen molar-refractivity contribution in [2.45, 2.75) is 19.6 Å². The third-order valence-electron chi connectivity index (χ3n) is 3.14. The molecule has 0 fully saturated rings. The van der Waals surface area contributed by atoms with Gasteiger partial charge in [0.15, 0.2) is 6.10 Å². The Morgan fingerprint density at radius 1 is 1.22 bits per heavy atom. The second kappa shape index (κ2) is 7.65. The number of carbonyl (C=O) groups excluding carboxylic acids is 1. The number of halogens is 1. The van der Waals surface area contributed by atoms with E-state index in [1.54, 1.807) is 43.3 Å². The summed E-state index contributed by atoms with van der Waals surface area (Å²) in [5.41, 5.74) is 0.888. The number of nitrogens with one attached hydrogen (secondary N) is 1. The van der Waals surface area contributed by atoms with Crippen molar-refractivity contribution in [1.82, 2.24) is 5.32 Å². The topological polar surface area (TPSA) is 75.6 Å². The molecule has 2 aromatic rings. The van der Waals surface area contributed by atoms with Gasteiger partial charge in [-0.2, -0.15) is 0 Å². The number of ether oxygens (including phenoxy) is 1. The van der Waals surface area contributed by atoms with Crippen molar-refractivity contribution in [3.8, 4) is 5.75 Å². The van der Waals surface area contributed by atoms with E-state index in [0.29, 0.717) is 16.3 Å². The Morgan fingerprint density at radius 3 is 2.57 bits per heavy atom. The van der Waals surface area contributed by atoms with Crippen molar-refractivity contribution in [1.29, 1.82) is 0 Å². The highest BCUT2D eigenvalue weighted by Gasteiger charge is 2.14. The van der Waals surface area contributed by atoms with Crippen molar-refractivity contribution in [2.24, 2.45) is 0 Å². The SMILES string of the molecule is CC(Oc1ccc(Cl)cc1)C(=O)NCc1cccc(C(=O)O)c1. The van der Waals surface area contributed by atoms with Crippen LogP contribution in [-0.4, -0.2) is 23.1 Å². The fraction of sp³-hybridized carbons (Fsp3) is 0.176. The number of aromatic carboxylic acids is 1. The highest BCUT2D eigenvalue weighted by Crippen LogP contribution is 2.16. The third kappa shape index (κ3) is 5.00. The molecular weight excluding hydrogens is 318 g/mol. The average molecular weight is 334 g/mol. The van der Waals surface area contributed by atoms with E-state index in [4.69, 9.17) is 21.4 Å². The van der Waals surface area contributed by atoms with Gasteiger partial charge in [-0.25, -0.2) is 4.79 Å². The lowest BCUT2D eigenvalue weighted by atomic mass is 10.1. The predicted octanol–water partition coefficient (Wildman–Crippen LogP) is 3.12. The Kier molecular flexibility index (Phi) is 5.60. The number of carbonyl (C=O) groups is 2. The number of carboxylic acids is 1. The van der Waals surface area contributed by atoms with Gasteiger partial charge in [-0.05, 0) is 48.9 Å². The van der Waals surface area contributed by atoms with E-state index in [-0.39, 0.29) is 18.0 Å². The first-order chi connectivity index (χ1) is 11.0. The fourth-order valence-corrected chi connectivity index (χ4v) is 2.04. The van der Waals surface area contributed by atoms with Gasteiger partial charge in [0.2, 0.25) is 0 Å². The Morgan fingerprint density at radius 2 is 1.91 bits per heavy atom. The summed E-state index contributed by atoms with van der Waals surface area (Å²) in [4.78, 5) is 22.9. The van der Waals surface area contributed by atoms with Gasteiger partial charge in [0, 0.05) is 11.6 Å². The zero-order valence-electron chi connectivity index (χ0n) is 12.5. The molecule has 120 valence electrons. The molecule has 0 aliphatic rings. The predicted molar refractivity (Wildman–Crippen MR) is 86.8 cm³/mol. The van der Waals surface area contributed by atoms with Crippen LogP contribution in [0.15, 0.2) is 48.5 Å². The van der Waals surface area contributed by atoms with Gasteiger partial charge in [0.1, 0.15) is 5.75 Å². The summed E-state index contributed by atoms with van der Waals surface area (Å²) in [5.74, 6) is -0.747. The first-order valence-electron chi connectivity index (χ1n) is 6.98. The van der Waals surface area contributed by atoms with Gasteiger partial charge in [0.25, 0.3) is 5.91 Å². The van der Waals surface area contributed by atoms with E-state index >= 15 is 0 Å². The summed E-state index contributed by atoms with van der Waals surface area (Å²) < 4.78 is 5.52. The molecular formula is C17H16ClNO4. The number of hydrogen-bond donors (Lipinski definition) is 2. The van der Waals surface area contributed by atoms with Crippen molar-refractivity contribution >= 4 is 23.5 Å². The van der Waals surface area contributed by atoms with Crippen LogP contribution in [0.5, 0.6) is 5.75 Å². The Balaban J connectivity index is 1.90. The monoisotopic (exact) mass is 333 g/mol. The summed E-state index contributed by atoms with van der Waals surface area (Å²) >= 11 is 5.79. The molecule has 2 rings (SSSR count). The minimum absolute atomic E-state index is 0.183. The van der Waals surface area contributed by atoms with Gasteiger partial charge in [0.05, 0.1) is 5.56 Å². The molecule has 0 saturated heterocycles. The van der Waals surface area contributed by atoms with Crippen LogP contribution in [-0.2, 0) is 11.3 Å². The van der Waals surface area contributed by atoms with E-state index in [2.05, 4.69) is 5.32 Å². The summed E-state index contributed by atoms with van der Waals surface area (Å²) in [7, 11) is 0. The number of amides is 1. The highest BCUT2D eigenvalue weighted by molar-refractivity contribution is 6.30. The molecule has 0 spiro atoms. The molecule has 0 bridgehead atoms. The number of rotatable bonds is 6. The number of benzene rings is 2. The van der Waals surface area contributed by atoms with E-state index in [9.17, 15) is 9.59 Å². The van der Waals surface area contributed by atoms with Gasteiger partial charge < -0.3 is 15.2 Å². The van der Waals surface area contributed by atoms with E-state index in [0.717, 1.165) is 0 Å². The summed E-state index contributed by atoms with van der Waals surface area (Å²) in [6.07, 6.45) is -0.682. The first kappa shape index (κ1) is 16.8. The van der Waals surface area contributed by atoms with Gasteiger partial charge in [-0.1, -0.05) is 23.7 Å². The molecule has 0 aliphatic heterocycles. The zero-order chi connectivity index (χ0) is 16.8. The molecule has 2 aromatic carbocycles. The molecule has 1 amide bonds. The lowest BCUT2D eigenvalue weighted by molar-refractivity contribution is -0.127. The summed E-state index contributed by atoms with van der Waals surface area (Å²) in [6.45, 7) is 1.87.